The molecule has 3 rings (SSSR count). The molecule has 3 aliphatic heterocycles. The molecule has 0 aromatic heterocycles. The van der Waals surface area contributed by atoms with E-state index >= 15 is 0 Å². The Morgan fingerprint density at radius 3 is 2.38 bits per heavy atom. The average Bonchev–Trinajstić information content (AvgIpc) is 2.81. The smallest absolute Gasteiger partial charge is 0.251 e. The molecule has 2 bridgehead atoms. The van der Waals surface area contributed by atoms with E-state index in [1.54, 1.807) is 0 Å². The third-order valence-corrected chi connectivity index (χ3v) is 2.69. The van der Waals surface area contributed by atoms with Crippen molar-refractivity contribution in [1.82, 2.24) is 0 Å². The molecule has 3 heterocycles. The molecule has 0 aromatic carbocycles. The standard InChI is InChI=1S/C8H7NO3.CHO2.Y/c10-7-5-3-1-2-4(12-3)6(5)8(11)9-7;2-1-3;/h1-6H,(H,9,10,11);(H,2,3);/q;-1;/p-1. The Labute approximate surface area is 116 Å². The molecule has 1 N–H and O–H groups in total. The van der Waals surface area contributed by atoms with Crippen molar-refractivity contribution in [2.45, 2.75) is 12.2 Å². The van der Waals surface area contributed by atoms with Crippen molar-refractivity contribution in [3.05, 3.63) is 12.2 Å². The molecule has 16 heavy (non-hydrogen) atoms. The van der Waals surface area contributed by atoms with Gasteiger partial charge in [-0.05, 0) is 5.90 Å². The molecule has 1 amide bonds. The van der Waals surface area contributed by atoms with Crippen molar-refractivity contribution in [1.29, 1.82) is 0 Å². The molecular weight excluding hydrogens is 291 g/mol. The molecule has 6 nitrogen and oxygen atoms in total. The van der Waals surface area contributed by atoms with Crippen LogP contribution in [-0.2, 0) is 47.0 Å². The number of carbonyl (C=O) groups is 1. The zero-order valence-corrected chi connectivity index (χ0v) is 10.9. The number of amides is 1. The number of carbonyl (C=O) groups excluding carboxylic acids is 1. The minimum absolute atomic E-state index is 0. The molecule has 0 spiro atoms. The van der Waals surface area contributed by atoms with Crippen LogP contribution in [0.4, 0.5) is 0 Å². The van der Waals surface area contributed by atoms with E-state index in [-0.39, 0.29) is 68.6 Å². The molecule has 1 saturated heterocycles. The minimum Gasteiger partial charge on any atom is -0.861 e. The summed E-state index contributed by atoms with van der Waals surface area (Å²) >= 11 is 0. The second kappa shape index (κ2) is 5.16. The van der Waals surface area contributed by atoms with Crippen LogP contribution in [0.5, 0.6) is 0 Å². The molecule has 4 atom stereocenters. The fourth-order valence-electron chi connectivity index (χ4n) is 2.15. The summed E-state index contributed by atoms with van der Waals surface area (Å²) in [7, 11) is 0. The maximum atomic E-state index is 11.2. The first-order valence-electron chi connectivity index (χ1n) is 4.33. The summed E-state index contributed by atoms with van der Waals surface area (Å²) in [5, 5.41) is 17.9. The summed E-state index contributed by atoms with van der Waals surface area (Å²) in [5.74, 6) is -1.23. The average molecular weight is 298 g/mol. The predicted molar refractivity (Wildman–Crippen MR) is 45.5 cm³/mol. The Kier molecular flexibility index (Phi) is 4.35. The molecule has 83 valence electrons. The van der Waals surface area contributed by atoms with Crippen LogP contribution in [0.1, 0.15) is 0 Å². The van der Waals surface area contributed by atoms with Crippen LogP contribution in [0.3, 0.4) is 0 Å². The normalized spacial score (nSPS) is 37.0. The van der Waals surface area contributed by atoms with Crippen LogP contribution in [0.15, 0.2) is 17.1 Å². The molecule has 1 radical (unpaired) electrons. The van der Waals surface area contributed by atoms with E-state index in [2.05, 4.69) is 4.99 Å². The molecule has 7 heteroatoms. The van der Waals surface area contributed by atoms with Gasteiger partial charge in [-0.15, -0.1) is 0 Å². The summed E-state index contributed by atoms with van der Waals surface area (Å²) in [6.07, 6.45) is 3.31. The van der Waals surface area contributed by atoms with Gasteiger partial charge >= 0.3 is 0 Å². The number of hydrogen-bond donors (Lipinski definition) is 1. The fraction of sp³-hybridized carbons (Fsp3) is 0.444. The molecule has 0 saturated carbocycles. The quantitative estimate of drug-likeness (QED) is 0.432. The summed E-state index contributed by atoms with van der Waals surface area (Å²) in [6.45, 7) is 0.500. The van der Waals surface area contributed by atoms with Gasteiger partial charge in [-0.25, -0.2) is 4.99 Å². The fourth-order valence-corrected chi connectivity index (χ4v) is 2.15. The third kappa shape index (κ3) is 1.97. The summed E-state index contributed by atoms with van der Waals surface area (Å²) < 4.78 is 5.37. The summed E-state index contributed by atoms with van der Waals surface area (Å²) in [4.78, 5) is 22.8. The molecule has 0 aromatic rings. The van der Waals surface area contributed by atoms with Gasteiger partial charge in [-0.3, -0.25) is 4.79 Å². The van der Waals surface area contributed by atoms with Crippen molar-refractivity contribution in [2.75, 3.05) is 0 Å². The number of hydrogen-bond acceptors (Lipinski definition) is 4. The molecule has 0 aliphatic carbocycles. The van der Waals surface area contributed by atoms with Gasteiger partial charge in [0.15, 0.2) is 0 Å². The van der Waals surface area contributed by atoms with Gasteiger partial charge in [0.2, 0.25) is 0 Å². The van der Waals surface area contributed by atoms with Gasteiger partial charge in [0.05, 0.1) is 18.1 Å². The number of nitrogens with zero attached hydrogens (tertiary/aromatic N) is 1. The Hall–Kier alpha value is -0.586. The number of ether oxygens (including phenoxy) is 1. The maximum Gasteiger partial charge on any atom is 0.251 e. The zero-order valence-electron chi connectivity index (χ0n) is 8.07. The summed E-state index contributed by atoms with van der Waals surface area (Å²) in [6, 6.07) is 0. The Morgan fingerprint density at radius 1 is 1.38 bits per heavy atom. The van der Waals surface area contributed by atoms with Crippen molar-refractivity contribution >= 4 is 18.3 Å². The van der Waals surface area contributed by atoms with E-state index in [0.29, 0.717) is 6.47 Å². The van der Waals surface area contributed by atoms with Crippen molar-refractivity contribution in [2.24, 2.45) is 16.8 Å². The van der Waals surface area contributed by atoms with E-state index in [0.717, 1.165) is 0 Å². The number of aliphatic imine (C=N–C) groups is 1. The first kappa shape index (κ1) is 13.5. The van der Waals surface area contributed by atoms with E-state index in [9.17, 15) is 9.90 Å². The molecular formula is C9H7NO5Y-2. The van der Waals surface area contributed by atoms with Crippen molar-refractivity contribution in [3.63, 3.8) is 0 Å². The first-order chi connectivity index (χ1) is 7.19. The number of rotatable bonds is 0. The second-order valence-electron chi connectivity index (χ2n) is 3.38. The van der Waals surface area contributed by atoms with E-state index in [1.807, 2.05) is 12.2 Å². The Balaban J connectivity index is 0.000000292. The molecule has 4 unspecified atom stereocenters. The van der Waals surface area contributed by atoms with Gasteiger partial charge in [0.25, 0.3) is 5.91 Å². The van der Waals surface area contributed by atoms with Gasteiger partial charge in [0.1, 0.15) is 0 Å². The van der Waals surface area contributed by atoms with Crippen molar-refractivity contribution < 1.29 is 57.2 Å². The minimum atomic E-state index is -0.313. The van der Waals surface area contributed by atoms with Crippen LogP contribution >= 0.6 is 0 Å². The van der Waals surface area contributed by atoms with Crippen LogP contribution < -0.4 is 5.11 Å². The Bertz CT molecular complexity index is 367. The SMILES string of the molecule is O=C1N=C([O-])C2C3C=CC(O3)C12.O=[C-]O.[Y]. The topological polar surface area (TPSA) is 99.0 Å². The van der Waals surface area contributed by atoms with E-state index < -0.39 is 0 Å². The predicted octanol–water partition coefficient (Wildman–Crippen LogP) is -1.54. The molecule has 3 aliphatic rings. The Morgan fingerprint density at radius 2 is 1.88 bits per heavy atom. The van der Waals surface area contributed by atoms with Crippen LogP contribution in [-0.4, -0.2) is 35.6 Å². The number of aliphatic hydroxyl groups excluding tert-OH is 1. The van der Waals surface area contributed by atoms with Crippen LogP contribution in [0.2, 0.25) is 0 Å². The van der Waals surface area contributed by atoms with Gasteiger partial charge in [-0.2, -0.15) is 0 Å². The van der Waals surface area contributed by atoms with Gasteiger partial charge in [-0.1, -0.05) is 18.6 Å². The van der Waals surface area contributed by atoms with Gasteiger partial charge in [0, 0.05) is 38.6 Å². The van der Waals surface area contributed by atoms with Gasteiger partial charge < -0.3 is 19.7 Å². The third-order valence-electron chi connectivity index (χ3n) is 2.69. The number of fused-ring (bicyclic) bond motifs is 5. The molecule has 1 fully saturated rings. The second-order valence-corrected chi connectivity index (χ2v) is 3.38. The van der Waals surface area contributed by atoms with E-state index in [1.165, 1.54) is 0 Å². The van der Waals surface area contributed by atoms with Crippen LogP contribution in [0.25, 0.3) is 0 Å². The van der Waals surface area contributed by atoms with Crippen molar-refractivity contribution in [3.8, 4) is 0 Å². The first-order valence-corrected chi connectivity index (χ1v) is 4.33. The largest absolute Gasteiger partial charge is 0.861 e. The monoisotopic (exact) mass is 298 g/mol. The zero-order chi connectivity index (χ0) is 11.0. The maximum absolute atomic E-state index is 11.2. The van der Waals surface area contributed by atoms with E-state index in [4.69, 9.17) is 14.6 Å². The summed E-state index contributed by atoms with van der Waals surface area (Å²) in [5.41, 5.74) is 0. The van der Waals surface area contributed by atoms with Crippen LogP contribution in [0, 0.1) is 11.8 Å².